The van der Waals surface area contributed by atoms with Gasteiger partial charge in [-0.2, -0.15) is 0 Å². The fourth-order valence-corrected chi connectivity index (χ4v) is 4.95. The minimum absolute atomic E-state index is 0.816. The third-order valence-electron chi connectivity index (χ3n) is 6.98. The molecule has 6 aromatic rings. The molecule has 0 aliphatic rings. The van der Waals surface area contributed by atoms with Gasteiger partial charge in [-0.25, -0.2) is 0 Å². The van der Waals surface area contributed by atoms with Gasteiger partial charge >= 0.3 is 0 Å². The largest absolute Gasteiger partial charge is 0.497 e. The van der Waals surface area contributed by atoms with Crippen LogP contribution in [0.1, 0.15) is 11.1 Å². The zero-order valence-corrected chi connectivity index (χ0v) is 22.1. The Morgan fingerprint density at radius 3 is 1.72 bits per heavy atom. The van der Waals surface area contributed by atoms with Crippen LogP contribution in [0.2, 0.25) is 0 Å². The Morgan fingerprint density at radius 1 is 0.538 bits per heavy atom. The number of benzene rings is 5. The Kier molecular flexibility index (Phi) is 6.40. The molecule has 0 unspecified atom stereocenters. The average Bonchev–Trinajstić information content (AvgIpc) is 3.40. The van der Waals surface area contributed by atoms with Crippen molar-refractivity contribution < 1.29 is 14.2 Å². The topological polar surface area (TPSA) is 32.6 Å². The molecule has 1 heterocycles. The smallest absolute Gasteiger partial charge is 0.119 e. The molecule has 0 aliphatic carbocycles. The third kappa shape index (κ3) is 4.56. The minimum atomic E-state index is 0.816. The molecule has 0 atom stereocenters. The highest BCUT2D eigenvalue weighted by molar-refractivity contribution is 6.11. The first-order valence-corrected chi connectivity index (χ1v) is 12.7. The lowest BCUT2D eigenvalue weighted by molar-refractivity contribution is 0.414. The quantitative estimate of drug-likeness (QED) is 0.222. The minimum Gasteiger partial charge on any atom is -0.497 e. The van der Waals surface area contributed by atoms with E-state index >= 15 is 0 Å². The fraction of sp³-hybridized carbons (Fsp3) is 0.0857. The summed E-state index contributed by atoms with van der Waals surface area (Å²) in [6.45, 7) is 0. The summed E-state index contributed by atoms with van der Waals surface area (Å²) in [5, 5.41) is 3.46. The van der Waals surface area contributed by atoms with Gasteiger partial charge in [0.05, 0.1) is 32.5 Å². The summed E-state index contributed by atoms with van der Waals surface area (Å²) in [6, 6.07) is 37.1. The van der Waals surface area contributed by atoms with Crippen molar-refractivity contribution in [1.29, 1.82) is 0 Å². The van der Waals surface area contributed by atoms with Crippen LogP contribution < -0.4 is 14.2 Å². The molecule has 4 nitrogen and oxygen atoms in total. The van der Waals surface area contributed by atoms with Crippen LogP contribution in [0.4, 0.5) is 0 Å². The molecule has 0 spiro atoms. The summed E-state index contributed by atoms with van der Waals surface area (Å²) in [6.07, 6.45) is 0. The molecule has 0 aliphatic heterocycles. The summed E-state index contributed by atoms with van der Waals surface area (Å²) in [4.78, 5) is 0. The van der Waals surface area contributed by atoms with Gasteiger partial charge in [0.1, 0.15) is 17.2 Å². The van der Waals surface area contributed by atoms with Crippen LogP contribution in [-0.2, 0) is 0 Å². The van der Waals surface area contributed by atoms with Crippen molar-refractivity contribution in [2.75, 3.05) is 21.3 Å². The van der Waals surface area contributed by atoms with Crippen molar-refractivity contribution in [3.05, 3.63) is 120 Å². The molecule has 0 N–H and O–H groups in total. The first-order chi connectivity index (χ1) is 19.2. The maximum Gasteiger partial charge on any atom is 0.119 e. The molecule has 5 aromatic carbocycles. The molecule has 0 fully saturated rings. The van der Waals surface area contributed by atoms with E-state index < -0.39 is 0 Å². The van der Waals surface area contributed by atoms with Crippen LogP contribution in [-0.4, -0.2) is 25.9 Å². The van der Waals surface area contributed by atoms with Gasteiger partial charge < -0.3 is 18.8 Å². The summed E-state index contributed by atoms with van der Waals surface area (Å²) >= 11 is 0. The van der Waals surface area contributed by atoms with Crippen LogP contribution in [0.5, 0.6) is 17.2 Å². The molecule has 0 bridgehead atoms. The third-order valence-corrected chi connectivity index (χ3v) is 6.98. The van der Waals surface area contributed by atoms with Crippen LogP contribution in [0.3, 0.4) is 0 Å². The van der Waals surface area contributed by atoms with Crippen molar-refractivity contribution in [2.45, 2.75) is 0 Å². The average molecular weight is 510 g/mol. The van der Waals surface area contributed by atoms with Crippen molar-refractivity contribution >= 4 is 21.7 Å². The predicted molar refractivity (Wildman–Crippen MR) is 158 cm³/mol. The van der Waals surface area contributed by atoms with Gasteiger partial charge in [-0.15, -0.1) is 0 Å². The van der Waals surface area contributed by atoms with E-state index in [0.29, 0.717) is 0 Å². The van der Waals surface area contributed by atoms with Crippen molar-refractivity contribution in [3.63, 3.8) is 0 Å². The molecular weight excluding hydrogens is 482 g/mol. The zero-order valence-electron chi connectivity index (χ0n) is 22.1. The second-order valence-electron chi connectivity index (χ2n) is 9.17. The predicted octanol–water partition coefficient (Wildman–Crippen LogP) is 7.88. The van der Waals surface area contributed by atoms with E-state index in [0.717, 1.165) is 61.6 Å². The van der Waals surface area contributed by atoms with Gasteiger partial charge in [0.15, 0.2) is 0 Å². The SMILES string of the molecule is COc1ccc(C#Cc2cc3c(cc(-c4ccc(OC)cc4)n3-c3ccc(OC)cc3)c3ccccc23)cc1. The van der Waals surface area contributed by atoms with Gasteiger partial charge in [-0.3, -0.25) is 0 Å². The van der Waals surface area contributed by atoms with Gasteiger partial charge in [0.2, 0.25) is 0 Å². The zero-order chi connectivity index (χ0) is 26.8. The number of methoxy groups -OCH3 is 3. The summed E-state index contributed by atoms with van der Waals surface area (Å²) in [5.41, 5.74) is 6.22. The monoisotopic (exact) mass is 509 g/mol. The van der Waals surface area contributed by atoms with E-state index in [1.54, 1.807) is 21.3 Å². The lowest BCUT2D eigenvalue weighted by Crippen LogP contribution is -1.97. The highest BCUT2D eigenvalue weighted by Gasteiger charge is 2.17. The van der Waals surface area contributed by atoms with Gasteiger partial charge in [-0.05, 0) is 101 Å². The highest BCUT2D eigenvalue weighted by atomic mass is 16.5. The maximum absolute atomic E-state index is 5.43. The summed E-state index contributed by atoms with van der Waals surface area (Å²) < 4.78 is 18.4. The number of nitrogens with zero attached hydrogens (tertiary/aromatic N) is 1. The van der Waals surface area contributed by atoms with E-state index in [9.17, 15) is 0 Å². The summed E-state index contributed by atoms with van der Waals surface area (Å²) in [5.74, 6) is 9.26. The normalized spacial score (nSPS) is 10.7. The Morgan fingerprint density at radius 2 is 1.10 bits per heavy atom. The lowest BCUT2D eigenvalue weighted by atomic mass is 10.0. The molecule has 39 heavy (non-hydrogen) atoms. The number of hydrogen-bond donors (Lipinski definition) is 0. The van der Waals surface area contributed by atoms with Crippen LogP contribution >= 0.6 is 0 Å². The second-order valence-corrected chi connectivity index (χ2v) is 9.17. The molecular formula is C35H27NO3. The molecule has 0 amide bonds. The molecule has 6 rings (SSSR count). The molecule has 0 radical (unpaired) electrons. The Hall–Kier alpha value is -5.14. The van der Waals surface area contributed by atoms with Crippen molar-refractivity contribution in [2.24, 2.45) is 0 Å². The van der Waals surface area contributed by atoms with Crippen LogP contribution in [0.15, 0.2) is 109 Å². The van der Waals surface area contributed by atoms with Gasteiger partial charge in [-0.1, -0.05) is 36.1 Å². The second kappa shape index (κ2) is 10.3. The Labute approximate surface area is 228 Å². The van der Waals surface area contributed by atoms with Gasteiger partial charge in [0, 0.05) is 22.2 Å². The van der Waals surface area contributed by atoms with Gasteiger partial charge in [0.25, 0.3) is 0 Å². The van der Waals surface area contributed by atoms with E-state index in [1.165, 1.54) is 5.39 Å². The highest BCUT2D eigenvalue weighted by Crippen LogP contribution is 2.37. The van der Waals surface area contributed by atoms with E-state index in [1.807, 2.05) is 48.5 Å². The van der Waals surface area contributed by atoms with E-state index in [2.05, 4.69) is 77.1 Å². The standard InChI is InChI=1S/C35H27NO3/c1-37-28-16-9-24(10-17-28)8-11-26-22-35-33(32-7-5-4-6-31(26)32)23-34(25-12-18-29(38-2)19-13-25)36(35)27-14-20-30(39-3)21-15-27/h4-7,9-10,12-23H,1-3H3. The molecule has 0 saturated heterocycles. The molecule has 4 heteroatoms. The first-order valence-electron chi connectivity index (χ1n) is 12.7. The first kappa shape index (κ1) is 24.2. The number of aromatic nitrogens is 1. The number of ether oxygens (including phenoxy) is 3. The maximum atomic E-state index is 5.43. The van der Waals surface area contributed by atoms with Crippen LogP contribution in [0, 0.1) is 11.8 Å². The Balaban J connectivity index is 1.61. The molecule has 0 saturated carbocycles. The number of rotatable bonds is 5. The fourth-order valence-electron chi connectivity index (χ4n) is 4.95. The van der Waals surface area contributed by atoms with Crippen molar-refractivity contribution in [1.82, 2.24) is 4.57 Å². The van der Waals surface area contributed by atoms with E-state index in [4.69, 9.17) is 14.2 Å². The van der Waals surface area contributed by atoms with Crippen LogP contribution in [0.25, 0.3) is 38.6 Å². The number of fused-ring (bicyclic) bond motifs is 3. The summed E-state index contributed by atoms with van der Waals surface area (Å²) in [7, 11) is 5.03. The van der Waals surface area contributed by atoms with E-state index in [-0.39, 0.29) is 0 Å². The number of hydrogen-bond acceptors (Lipinski definition) is 3. The van der Waals surface area contributed by atoms with Crippen molar-refractivity contribution in [3.8, 4) is 46.0 Å². The molecule has 190 valence electrons. The Bertz CT molecular complexity index is 1840. The molecule has 1 aromatic heterocycles. The lowest BCUT2D eigenvalue weighted by Gasteiger charge is -2.13.